The first-order valence-electron chi connectivity index (χ1n) is 6.62. The van der Waals surface area contributed by atoms with Gasteiger partial charge in [-0.05, 0) is 25.7 Å². The van der Waals surface area contributed by atoms with E-state index in [1.165, 1.54) is 0 Å². The molecule has 0 saturated carbocycles. The van der Waals surface area contributed by atoms with E-state index in [1.54, 1.807) is 8.61 Å². The Kier molecular flexibility index (Phi) is 4.97. The molecule has 2 fully saturated rings. The van der Waals surface area contributed by atoms with Crippen molar-refractivity contribution in [3.05, 3.63) is 0 Å². The van der Waals surface area contributed by atoms with Crippen LogP contribution in [0, 0.1) is 0 Å². The molecule has 0 atom stereocenters. The van der Waals surface area contributed by atoms with Gasteiger partial charge in [0.05, 0.1) is 19.3 Å². The maximum Gasteiger partial charge on any atom is 0.281 e. The topological polar surface area (TPSA) is 70.1 Å². The van der Waals surface area contributed by atoms with Crippen LogP contribution in [0.3, 0.4) is 0 Å². The van der Waals surface area contributed by atoms with Gasteiger partial charge in [0.1, 0.15) is 0 Å². The van der Waals surface area contributed by atoms with E-state index in [0.717, 1.165) is 12.8 Å². The second-order valence-electron chi connectivity index (χ2n) is 4.81. The van der Waals surface area contributed by atoms with Gasteiger partial charge in [-0.2, -0.15) is 17.0 Å². The number of aliphatic hydroxyl groups excluding tert-OH is 1. The Labute approximate surface area is 109 Å². The van der Waals surface area contributed by atoms with Crippen molar-refractivity contribution in [2.75, 3.05) is 39.4 Å². The number of ether oxygens (including phenoxy) is 1. The van der Waals surface area contributed by atoms with Gasteiger partial charge in [0.2, 0.25) is 0 Å². The fourth-order valence-electron chi connectivity index (χ4n) is 2.53. The van der Waals surface area contributed by atoms with Crippen molar-refractivity contribution in [2.24, 2.45) is 0 Å². The summed E-state index contributed by atoms with van der Waals surface area (Å²) in [6.45, 7) is 2.71. The van der Waals surface area contributed by atoms with Gasteiger partial charge in [0.15, 0.2) is 0 Å². The minimum Gasteiger partial charge on any atom is -0.394 e. The molecule has 0 bridgehead atoms. The first kappa shape index (κ1) is 14.2. The van der Waals surface area contributed by atoms with Crippen molar-refractivity contribution in [1.82, 2.24) is 8.61 Å². The van der Waals surface area contributed by atoms with Gasteiger partial charge in [0.25, 0.3) is 10.2 Å². The number of hydrogen-bond donors (Lipinski definition) is 1. The molecule has 2 heterocycles. The van der Waals surface area contributed by atoms with Gasteiger partial charge < -0.3 is 9.84 Å². The molecule has 0 aliphatic carbocycles. The van der Waals surface area contributed by atoms with E-state index in [-0.39, 0.29) is 12.7 Å². The highest BCUT2D eigenvalue weighted by molar-refractivity contribution is 7.86. The Morgan fingerprint density at radius 3 is 2.17 bits per heavy atom. The minimum absolute atomic E-state index is 0.0201. The smallest absolute Gasteiger partial charge is 0.281 e. The molecule has 18 heavy (non-hydrogen) atoms. The molecular weight excluding hydrogens is 256 g/mol. The maximum absolute atomic E-state index is 12.3. The second kappa shape index (κ2) is 6.29. The highest BCUT2D eigenvalue weighted by atomic mass is 32.2. The largest absolute Gasteiger partial charge is 0.394 e. The highest BCUT2D eigenvalue weighted by Crippen LogP contribution is 2.21. The summed E-state index contributed by atoms with van der Waals surface area (Å²) in [6.07, 6.45) is 3.45. The fraction of sp³-hybridized carbons (Fsp3) is 1.00. The fourth-order valence-corrected chi connectivity index (χ4v) is 4.25. The van der Waals surface area contributed by atoms with Crippen molar-refractivity contribution >= 4 is 10.2 Å². The molecule has 1 N–H and O–H groups in total. The molecule has 0 radical (unpaired) electrons. The van der Waals surface area contributed by atoms with Crippen LogP contribution in [-0.2, 0) is 14.9 Å². The first-order valence-corrected chi connectivity index (χ1v) is 8.02. The van der Waals surface area contributed by atoms with Crippen molar-refractivity contribution < 1.29 is 18.3 Å². The van der Waals surface area contributed by atoms with Crippen LogP contribution in [-0.4, -0.2) is 67.6 Å². The third kappa shape index (κ3) is 3.21. The molecule has 2 saturated heterocycles. The lowest BCUT2D eigenvalue weighted by molar-refractivity contribution is 0.00264. The summed E-state index contributed by atoms with van der Waals surface area (Å²) in [5, 5.41) is 8.68. The monoisotopic (exact) mass is 278 g/mol. The Hall–Kier alpha value is -0.210. The van der Waals surface area contributed by atoms with Crippen LogP contribution < -0.4 is 0 Å². The molecule has 0 aromatic rings. The van der Waals surface area contributed by atoms with Gasteiger partial charge in [-0.15, -0.1) is 0 Å². The van der Waals surface area contributed by atoms with Gasteiger partial charge in [-0.3, -0.25) is 0 Å². The Bertz CT molecular complexity index is 346. The molecule has 0 aromatic heterocycles. The molecule has 0 spiro atoms. The zero-order valence-corrected chi connectivity index (χ0v) is 11.4. The third-order valence-corrected chi connectivity index (χ3v) is 5.60. The van der Waals surface area contributed by atoms with Gasteiger partial charge in [-0.25, -0.2) is 0 Å². The normalized spacial score (nSPS) is 24.7. The highest BCUT2D eigenvalue weighted by Gasteiger charge is 2.34. The van der Waals surface area contributed by atoms with Crippen molar-refractivity contribution in [3.63, 3.8) is 0 Å². The molecule has 7 heteroatoms. The quantitative estimate of drug-likeness (QED) is 0.756. The zero-order valence-electron chi connectivity index (χ0n) is 10.6. The van der Waals surface area contributed by atoms with Crippen LogP contribution in [0.4, 0.5) is 0 Å². The summed E-state index contributed by atoms with van der Waals surface area (Å²) < 4.78 is 33.1. The van der Waals surface area contributed by atoms with E-state index in [2.05, 4.69) is 0 Å². The molecule has 2 aliphatic rings. The molecule has 0 aromatic carbocycles. The lowest BCUT2D eigenvalue weighted by Crippen LogP contribution is -2.47. The number of aliphatic hydroxyl groups is 1. The van der Waals surface area contributed by atoms with Crippen LogP contribution in [0.5, 0.6) is 0 Å². The molecular formula is C11H22N2O4S. The predicted octanol–water partition coefficient (Wildman–Crippen LogP) is -0.200. The van der Waals surface area contributed by atoms with E-state index >= 15 is 0 Å². The lowest BCUT2D eigenvalue weighted by atomic mass is 10.1. The standard InChI is InChI=1S/C11H22N2O4S/c14-9-10-17-11-3-7-13(8-4-11)18(15,16)12-5-1-2-6-12/h11,14H,1-10H2. The summed E-state index contributed by atoms with van der Waals surface area (Å²) >= 11 is 0. The molecule has 0 amide bonds. The predicted molar refractivity (Wildman–Crippen MR) is 67.4 cm³/mol. The lowest BCUT2D eigenvalue weighted by Gasteiger charge is -2.33. The van der Waals surface area contributed by atoms with Crippen LogP contribution in [0.25, 0.3) is 0 Å². The van der Waals surface area contributed by atoms with Gasteiger partial charge >= 0.3 is 0 Å². The molecule has 106 valence electrons. The number of nitrogens with zero attached hydrogens (tertiary/aromatic N) is 2. The number of rotatable bonds is 5. The molecule has 2 aliphatic heterocycles. The molecule has 6 nitrogen and oxygen atoms in total. The average Bonchev–Trinajstić information content (AvgIpc) is 2.91. The summed E-state index contributed by atoms with van der Waals surface area (Å²) in [6, 6.07) is 0. The molecule has 0 unspecified atom stereocenters. The van der Waals surface area contributed by atoms with Crippen molar-refractivity contribution in [2.45, 2.75) is 31.8 Å². The Morgan fingerprint density at radius 1 is 1.06 bits per heavy atom. The van der Waals surface area contributed by atoms with Crippen molar-refractivity contribution in [3.8, 4) is 0 Å². The SMILES string of the molecule is O=S(=O)(N1CCCC1)N1CCC(OCCO)CC1. The van der Waals surface area contributed by atoms with E-state index in [1.807, 2.05) is 0 Å². The summed E-state index contributed by atoms with van der Waals surface area (Å²) in [5.41, 5.74) is 0. The van der Waals surface area contributed by atoms with E-state index in [4.69, 9.17) is 9.84 Å². The van der Waals surface area contributed by atoms with Crippen molar-refractivity contribution in [1.29, 1.82) is 0 Å². The Morgan fingerprint density at radius 2 is 1.61 bits per heavy atom. The number of hydrogen-bond acceptors (Lipinski definition) is 4. The summed E-state index contributed by atoms with van der Waals surface area (Å²) in [4.78, 5) is 0. The van der Waals surface area contributed by atoms with Gasteiger partial charge in [-0.1, -0.05) is 0 Å². The van der Waals surface area contributed by atoms with Crippen LogP contribution >= 0.6 is 0 Å². The van der Waals surface area contributed by atoms with E-state index in [9.17, 15) is 8.42 Å². The molecule has 2 rings (SSSR count). The Balaban J connectivity index is 1.85. The van der Waals surface area contributed by atoms with Gasteiger partial charge in [0, 0.05) is 26.2 Å². The summed E-state index contributed by atoms with van der Waals surface area (Å²) in [5.74, 6) is 0. The third-order valence-electron chi connectivity index (χ3n) is 3.56. The summed E-state index contributed by atoms with van der Waals surface area (Å²) in [7, 11) is -3.24. The first-order chi connectivity index (χ1) is 8.64. The minimum atomic E-state index is -3.24. The second-order valence-corrected chi connectivity index (χ2v) is 6.74. The van der Waals surface area contributed by atoms with Crippen LogP contribution in [0.1, 0.15) is 25.7 Å². The average molecular weight is 278 g/mol. The zero-order chi connectivity index (χ0) is 13.0. The van der Waals surface area contributed by atoms with Crippen LogP contribution in [0.2, 0.25) is 0 Å². The van der Waals surface area contributed by atoms with E-state index < -0.39 is 10.2 Å². The maximum atomic E-state index is 12.3. The number of piperidine rings is 1. The van der Waals surface area contributed by atoms with Crippen LogP contribution in [0.15, 0.2) is 0 Å². The van der Waals surface area contributed by atoms with E-state index in [0.29, 0.717) is 45.6 Å².